The van der Waals surface area contributed by atoms with Crippen LogP contribution in [0.5, 0.6) is 0 Å². The van der Waals surface area contributed by atoms with Crippen LogP contribution in [0.15, 0.2) is 72.8 Å². The molecule has 0 unspecified atom stereocenters. The molecule has 0 radical (unpaired) electrons. The lowest BCUT2D eigenvalue weighted by Crippen LogP contribution is -2.45. The van der Waals surface area contributed by atoms with Crippen molar-refractivity contribution in [1.29, 1.82) is 0 Å². The molecule has 0 bridgehead atoms. The van der Waals surface area contributed by atoms with Gasteiger partial charge < -0.3 is 14.2 Å². The Morgan fingerprint density at radius 1 is 0.920 bits per heavy atom. The fourth-order valence-corrected chi connectivity index (χ4v) is 3.16. The maximum absolute atomic E-state index is 12.3. The Morgan fingerprint density at radius 2 is 1.64 bits per heavy atom. The first-order valence-electron chi connectivity index (χ1n) is 8.53. The number of ketones is 1. The van der Waals surface area contributed by atoms with Crippen LogP contribution < -0.4 is 0 Å². The summed E-state index contributed by atoms with van der Waals surface area (Å²) in [5.41, 5.74) is 1.71. The molecule has 4 atom stereocenters. The maximum atomic E-state index is 12.3. The highest BCUT2D eigenvalue weighted by molar-refractivity contribution is 5.96. The first kappa shape index (κ1) is 16.2. The van der Waals surface area contributed by atoms with Crippen LogP contribution in [-0.2, 0) is 14.2 Å². The molecule has 1 saturated heterocycles. The molecule has 4 nitrogen and oxygen atoms in total. The van der Waals surface area contributed by atoms with Crippen LogP contribution >= 0.6 is 0 Å². The van der Waals surface area contributed by atoms with Gasteiger partial charge in [-0.25, -0.2) is 0 Å². The van der Waals surface area contributed by atoms with E-state index in [1.54, 1.807) is 0 Å². The van der Waals surface area contributed by atoms with E-state index in [1.807, 2.05) is 72.8 Å². The van der Waals surface area contributed by atoms with Crippen molar-refractivity contribution in [3.8, 4) is 0 Å². The standard InChI is InChI=1S/C21H20O4/c22-18(15-7-3-1-4-8-15)13-17-11-12-19-20(24-17)14-23-21(25-19)16-9-5-2-6-10-16/h1-12,17,19-21H,13-14H2/t17-,19+,20-,21-/m1/s1. The van der Waals surface area contributed by atoms with Gasteiger partial charge in [0.05, 0.1) is 12.7 Å². The second-order valence-electron chi connectivity index (χ2n) is 6.27. The van der Waals surface area contributed by atoms with E-state index in [2.05, 4.69) is 0 Å². The number of carbonyl (C=O) groups is 1. The number of rotatable bonds is 4. The number of ether oxygens (including phenoxy) is 3. The zero-order chi connectivity index (χ0) is 17.1. The summed E-state index contributed by atoms with van der Waals surface area (Å²) >= 11 is 0. The molecule has 0 N–H and O–H groups in total. The summed E-state index contributed by atoms with van der Waals surface area (Å²) in [7, 11) is 0. The molecule has 2 aromatic rings. The molecule has 0 aliphatic carbocycles. The Morgan fingerprint density at radius 3 is 2.40 bits per heavy atom. The largest absolute Gasteiger partial charge is 0.365 e. The molecule has 2 aromatic carbocycles. The molecule has 4 rings (SSSR count). The predicted molar refractivity (Wildman–Crippen MR) is 93.2 cm³/mol. The van der Waals surface area contributed by atoms with Crippen LogP contribution in [0.1, 0.15) is 28.6 Å². The van der Waals surface area contributed by atoms with Gasteiger partial charge in [0.2, 0.25) is 0 Å². The van der Waals surface area contributed by atoms with Crippen LogP contribution in [0.2, 0.25) is 0 Å². The SMILES string of the molecule is O=C(C[C@H]1C=C[C@@H]2O[C@H](c3ccccc3)OC[C@H]2O1)c1ccccc1. The van der Waals surface area contributed by atoms with Gasteiger partial charge in [-0.3, -0.25) is 4.79 Å². The molecule has 128 valence electrons. The monoisotopic (exact) mass is 336 g/mol. The summed E-state index contributed by atoms with van der Waals surface area (Å²) in [6.07, 6.45) is 3.30. The molecule has 4 heteroatoms. The van der Waals surface area contributed by atoms with Crippen molar-refractivity contribution in [2.24, 2.45) is 0 Å². The van der Waals surface area contributed by atoms with Crippen molar-refractivity contribution in [1.82, 2.24) is 0 Å². The fourth-order valence-electron chi connectivity index (χ4n) is 3.16. The average molecular weight is 336 g/mol. The van der Waals surface area contributed by atoms with E-state index < -0.39 is 0 Å². The van der Waals surface area contributed by atoms with Gasteiger partial charge in [-0.15, -0.1) is 0 Å². The van der Waals surface area contributed by atoms with Crippen molar-refractivity contribution in [3.63, 3.8) is 0 Å². The maximum Gasteiger partial charge on any atom is 0.184 e. The molecule has 0 saturated carbocycles. The smallest absolute Gasteiger partial charge is 0.184 e. The Balaban J connectivity index is 1.39. The van der Waals surface area contributed by atoms with E-state index in [4.69, 9.17) is 14.2 Å². The molecular weight excluding hydrogens is 316 g/mol. The highest BCUT2D eigenvalue weighted by Crippen LogP contribution is 2.31. The minimum atomic E-state index is -0.377. The quantitative estimate of drug-likeness (QED) is 0.631. The first-order chi connectivity index (χ1) is 12.3. The molecule has 0 spiro atoms. The van der Waals surface area contributed by atoms with E-state index in [9.17, 15) is 4.79 Å². The molecule has 2 aliphatic rings. The van der Waals surface area contributed by atoms with Crippen LogP contribution in [0.3, 0.4) is 0 Å². The highest BCUT2D eigenvalue weighted by Gasteiger charge is 2.36. The van der Waals surface area contributed by atoms with E-state index in [0.717, 1.165) is 5.56 Å². The van der Waals surface area contributed by atoms with Gasteiger partial charge in [0.25, 0.3) is 0 Å². The minimum Gasteiger partial charge on any atom is -0.365 e. The van der Waals surface area contributed by atoms with Crippen LogP contribution in [0, 0.1) is 0 Å². The Bertz CT molecular complexity index is 741. The fraction of sp³-hybridized carbons (Fsp3) is 0.286. The van der Waals surface area contributed by atoms with E-state index >= 15 is 0 Å². The average Bonchev–Trinajstić information content (AvgIpc) is 2.69. The van der Waals surface area contributed by atoms with Crippen molar-refractivity contribution in [2.75, 3.05) is 6.61 Å². The molecular formula is C21H20O4. The third-order valence-electron chi connectivity index (χ3n) is 4.48. The molecule has 0 amide bonds. The van der Waals surface area contributed by atoms with Crippen LogP contribution in [0.25, 0.3) is 0 Å². The van der Waals surface area contributed by atoms with E-state index in [0.29, 0.717) is 18.6 Å². The second kappa shape index (κ2) is 7.31. The zero-order valence-corrected chi connectivity index (χ0v) is 13.8. The summed E-state index contributed by atoms with van der Waals surface area (Å²) in [5, 5.41) is 0. The van der Waals surface area contributed by atoms with Gasteiger partial charge in [-0.1, -0.05) is 72.8 Å². The Labute approximate surface area is 147 Å². The lowest BCUT2D eigenvalue weighted by molar-refractivity contribution is -0.261. The van der Waals surface area contributed by atoms with Crippen LogP contribution in [-0.4, -0.2) is 30.7 Å². The van der Waals surface area contributed by atoms with Gasteiger partial charge in [-0.2, -0.15) is 0 Å². The lowest BCUT2D eigenvalue weighted by Gasteiger charge is -2.39. The Kier molecular flexibility index (Phi) is 4.74. The van der Waals surface area contributed by atoms with Gasteiger partial charge in [-0.05, 0) is 0 Å². The van der Waals surface area contributed by atoms with Gasteiger partial charge in [0.1, 0.15) is 12.2 Å². The van der Waals surface area contributed by atoms with Crippen molar-refractivity contribution in [2.45, 2.75) is 31.0 Å². The van der Waals surface area contributed by atoms with Crippen molar-refractivity contribution in [3.05, 3.63) is 83.9 Å². The molecule has 2 heterocycles. The Hall–Kier alpha value is -2.27. The molecule has 0 aromatic heterocycles. The normalized spacial score (nSPS) is 28.3. The lowest BCUT2D eigenvalue weighted by atomic mass is 10.0. The van der Waals surface area contributed by atoms with Gasteiger partial charge >= 0.3 is 0 Å². The highest BCUT2D eigenvalue weighted by atomic mass is 16.7. The summed E-state index contributed by atoms with van der Waals surface area (Å²) in [5.74, 6) is 0.0773. The number of hydrogen-bond donors (Lipinski definition) is 0. The number of fused-ring (bicyclic) bond motifs is 1. The summed E-state index contributed by atoms with van der Waals surface area (Å²) in [6.45, 7) is 0.449. The molecule has 1 fully saturated rings. The number of carbonyl (C=O) groups excluding carboxylic acids is 1. The van der Waals surface area contributed by atoms with Gasteiger partial charge in [0.15, 0.2) is 12.1 Å². The topological polar surface area (TPSA) is 44.8 Å². The summed E-state index contributed by atoms with van der Waals surface area (Å²) < 4.78 is 17.8. The third kappa shape index (κ3) is 3.71. The summed E-state index contributed by atoms with van der Waals surface area (Å²) in [6, 6.07) is 19.2. The van der Waals surface area contributed by atoms with Crippen molar-refractivity contribution < 1.29 is 19.0 Å². The third-order valence-corrected chi connectivity index (χ3v) is 4.48. The zero-order valence-electron chi connectivity index (χ0n) is 13.8. The number of hydrogen-bond acceptors (Lipinski definition) is 4. The van der Waals surface area contributed by atoms with Crippen molar-refractivity contribution >= 4 is 5.78 Å². The predicted octanol–water partition coefficient (Wildman–Crippen LogP) is 3.70. The minimum absolute atomic E-state index is 0.0773. The first-order valence-corrected chi connectivity index (χ1v) is 8.53. The van der Waals surface area contributed by atoms with Gasteiger partial charge in [0, 0.05) is 17.5 Å². The van der Waals surface area contributed by atoms with E-state index in [-0.39, 0.29) is 30.4 Å². The summed E-state index contributed by atoms with van der Waals surface area (Å²) in [4.78, 5) is 12.3. The second-order valence-corrected chi connectivity index (χ2v) is 6.27. The number of Topliss-reactive ketones (excluding diaryl/α,β-unsaturated/α-hetero) is 1. The molecule has 2 aliphatic heterocycles. The number of benzene rings is 2. The van der Waals surface area contributed by atoms with Crippen LogP contribution in [0.4, 0.5) is 0 Å². The van der Waals surface area contributed by atoms with E-state index in [1.165, 1.54) is 0 Å². The molecule has 25 heavy (non-hydrogen) atoms.